The van der Waals surface area contributed by atoms with Gasteiger partial charge in [-0.15, -0.1) is 0 Å². The van der Waals surface area contributed by atoms with Gasteiger partial charge in [0.15, 0.2) is 11.4 Å². The highest BCUT2D eigenvalue weighted by Crippen LogP contribution is 2.23. The Bertz CT molecular complexity index is 502. The van der Waals surface area contributed by atoms with E-state index < -0.39 is 11.8 Å². The molecule has 0 unspecified atom stereocenters. The summed E-state index contributed by atoms with van der Waals surface area (Å²) < 4.78 is 23.0. The molecule has 0 aliphatic rings. The third-order valence-corrected chi connectivity index (χ3v) is 2.05. The second kappa shape index (κ2) is 3.73. The largest absolute Gasteiger partial charge is 0.462 e. The van der Waals surface area contributed by atoms with Crippen molar-refractivity contribution in [2.45, 2.75) is 6.92 Å². The Morgan fingerprint density at radius 2 is 2.33 bits per heavy atom. The van der Waals surface area contributed by atoms with E-state index in [0.29, 0.717) is 5.39 Å². The fourth-order valence-corrected chi connectivity index (χ4v) is 1.39. The van der Waals surface area contributed by atoms with Crippen molar-refractivity contribution in [3.8, 4) is 0 Å². The van der Waals surface area contributed by atoms with Crippen molar-refractivity contribution in [2.75, 3.05) is 6.61 Å². The number of halogens is 1. The monoisotopic (exact) mass is 208 g/mol. The van der Waals surface area contributed by atoms with E-state index in [0.717, 1.165) is 0 Å². The van der Waals surface area contributed by atoms with Gasteiger partial charge in [-0.25, -0.2) is 9.18 Å². The Labute approximate surface area is 85.4 Å². The van der Waals surface area contributed by atoms with Crippen LogP contribution in [0.5, 0.6) is 0 Å². The summed E-state index contributed by atoms with van der Waals surface area (Å²) in [6.45, 7) is 1.99. The second-order valence-corrected chi connectivity index (χ2v) is 2.99. The number of fused-ring (bicyclic) bond motifs is 1. The van der Waals surface area contributed by atoms with Crippen LogP contribution < -0.4 is 0 Å². The average Bonchev–Trinajstić information content (AvgIpc) is 2.63. The number of carbonyl (C=O) groups excluding carboxylic acids is 1. The molecule has 0 radical (unpaired) electrons. The first-order valence-electron chi connectivity index (χ1n) is 4.57. The number of furan rings is 1. The van der Waals surface area contributed by atoms with E-state index in [2.05, 4.69) is 0 Å². The van der Waals surface area contributed by atoms with Gasteiger partial charge in [0, 0.05) is 5.39 Å². The van der Waals surface area contributed by atoms with Gasteiger partial charge in [0.1, 0.15) is 11.8 Å². The van der Waals surface area contributed by atoms with E-state index in [1.807, 2.05) is 0 Å². The molecule has 0 aliphatic carbocycles. The Hall–Kier alpha value is -1.84. The molecule has 78 valence electrons. The minimum absolute atomic E-state index is 0.0838. The maximum atomic E-state index is 13.2. The van der Waals surface area contributed by atoms with Crippen LogP contribution in [-0.2, 0) is 4.74 Å². The fourth-order valence-electron chi connectivity index (χ4n) is 1.39. The molecule has 2 rings (SSSR count). The standard InChI is InChI=1S/C11H9FO3/c1-2-14-11(13)8-6-15-10-7(8)4-3-5-9(10)12/h3-6H,2H2,1H3. The van der Waals surface area contributed by atoms with Gasteiger partial charge < -0.3 is 9.15 Å². The smallest absolute Gasteiger partial charge is 0.342 e. The first-order valence-corrected chi connectivity index (χ1v) is 4.57. The summed E-state index contributed by atoms with van der Waals surface area (Å²) in [5.41, 5.74) is 0.340. The first kappa shape index (κ1) is 9.71. The van der Waals surface area contributed by atoms with E-state index in [4.69, 9.17) is 9.15 Å². The molecule has 2 aromatic rings. The highest BCUT2D eigenvalue weighted by Gasteiger charge is 2.16. The van der Waals surface area contributed by atoms with Crippen molar-refractivity contribution < 1.29 is 18.3 Å². The van der Waals surface area contributed by atoms with Gasteiger partial charge in [-0.3, -0.25) is 0 Å². The molecule has 0 amide bonds. The number of ether oxygens (including phenoxy) is 1. The number of benzene rings is 1. The van der Waals surface area contributed by atoms with Crippen LogP contribution in [0, 0.1) is 5.82 Å². The molecule has 0 bridgehead atoms. The summed E-state index contributed by atoms with van der Waals surface area (Å²) in [5.74, 6) is -0.982. The Morgan fingerprint density at radius 3 is 3.07 bits per heavy atom. The van der Waals surface area contributed by atoms with Crippen LogP contribution in [0.4, 0.5) is 4.39 Å². The zero-order valence-electron chi connectivity index (χ0n) is 8.12. The normalized spacial score (nSPS) is 10.5. The molecule has 0 spiro atoms. The number of hydrogen-bond donors (Lipinski definition) is 0. The SMILES string of the molecule is CCOC(=O)c1coc2c(F)cccc12. The fraction of sp³-hybridized carbons (Fsp3) is 0.182. The van der Waals surface area contributed by atoms with Crippen molar-refractivity contribution in [3.05, 3.63) is 35.8 Å². The van der Waals surface area contributed by atoms with Crippen LogP contribution in [0.25, 0.3) is 11.0 Å². The minimum Gasteiger partial charge on any atom is -0.462 e. The summed E-state index contributed by atoms with van der Waals surface area (Å²) in [6, 6.07) is 4.42. The molecule has 0 atom stereocenters. The van der Waals surface area contributed by atoms with E-state index in [1.165, 1.54) is 18.4 Å². The third kappa shape index (κ3) is 1.58. The summed E-state index contributed by atoms with van der Waals surface area (Å²) in [6.07, 6.45) is 1.21. The zero-order valence-corrected chi connectivity index (χ0v) is 8.12. The molecule has 1 heterocycles. The van der Waals surface area contributed by atoms with Crippen LogP contribution >= 0.6 is 0 Å². The highest BCUT2D eigenvalue weighted by molar-refractivity contribution is 6.03. The molecule has 1 aromatic carbocycles. The van der Waals surface area contributed by atoms with Crippen LogP contribution in [0.3, 0.4) is 0 Å². The summed E-state index contributed by atoms with van der Waals surface area (Å²) in [5, 5.41) is 0.438. The van der Waals surface area contributed by atoms with Crippen molar-refractivity contribution in [2.24, 2.45) is 0 Å². The van der Waals surface area contributed by atoms with E-state index in [1.54, 1.807) is 13.0 Å². The molecule has 0 saturated heterocycles. The number of rotatable bonds is 2. The molecule has 3 nitrogen and oxygen atoms in total. The number of hydrogen-bond acceptors (Lipinski definition) is 3. The summed E-state index contributed by atoms with van der Waals surface area (Å²) >= 11 is 0. The minimum atomic E-state index is -0.498. The van der Waals surface area contributed by atoms with Gasteiger partial charge in [0.25, 0.3) is 0 Å². The predicted molar refractivity (Wildman–Crippen MR) is 52.1 cm³/mol. The lowest BCUT2D eigenvalue weighted by atomic mass is 10.2. The highest BCUT2D eigenvalue weighted by atomic mass is 19.1. The van der Waals surface area contributed by atoms with E-state index in [9.17, 15) is 9.18 Å². The molecule has 15 heavy (non-hydrogen) atoms. The van der Waals surface area contributed by atoms with Gasteiger partial charge in [-0.1, -0.05) is 12.1 Å². The van der Waals surface area contributed by atoms with Gasteiger partial charge in [0.2, 0.25) is 0 Å². The van der Waals surface area contributed by atoms with Crippen LogP contribution in [-0.4, -0.2) is 12.6 Å². The van der Waals surface area contributed by atoms with Crippen molar-refractivity contribution in [3.63, 3.8) is 0 Å². The van der Waals surface area contributed by atoms with Gasteiger partial charge in [-0.05, 0) is 13.0 Å². The summed E-state index contributed by atoms with van der Waals surface area (Å²) in [7, 11) is 0. The Balaban J connectivity index is 2.54. The first-order chi connectivity index (χ1) is 7.24. The van der Waals surface area contributed by atoms with Gasteiger partial charge in [-0.2, -0.15) is 0 Å². The lowest BCUT2D eigenvalue weighted by Crippen LogP contribution is -2.03. The molecular formula is C11H9FO3. The van der Waals surface area contributed by atoms with Gasteiger partial charge in [0.05, 0.1) is 6.61 Å². The molecule has 4 heteroatoms. The van der Waals surface area contributed by atoms with Gasteiger partial charge >= 0.3 is 5.97 Å². The molecule has 0 aliphatic heterocycles. The van der Waals surface area contributed by atoms with Crippen molar-refractivity contribution in [1.82, 2.24) is 0 Å². The number of esters is 1. The Morgan fingerprint density at radius 1 is 1.53 bits per heavy atom. The lowest BCUT2D eigenvalue weighted by Gasteiger charge is -1.98. The predicted octanol–water partition coefficient (Wildman–Crippen LogP) is 2.75. The maximum Gasteiger partial charge on any atom is 0.342 e. The van der Waals surface area contributed by atoms with Crippen LogP contribution in [0.15, 0.2) is 28.9 Å². The molecule has 0 fully saturated rings. The topological polar surface area (TPSA) is 39.4 Å². The van der Waals surface area contributed by atoms with E-state index >= 15 is 0 Å². The lowest BCUT2D eigenvalue weighted by molar-refractivity contribution is 0.0527. The maximum absolute atomic E-state index is 13.2. The average molecular weight is 208 g/mol. The molecule has 0 saturated carbocycles. The number of carbonyl (C=O) groups is 1. The third-order valence-electron chi connectivity index (χ3n) is 2.05. The van der Waals surface area contributed by atoms with Crippen molar-refractivity contribution in [1.29, 1.82) is 0 Å². The quantitative estimate of drug-likeness (QED) is 0.712. The number of para-hydroxylation sites is 1. The Kier molecular flexibility index (Phi) is 2.41. The van der Waals surface area contributed by atoms with Crippen LogP contribution in [0.2, 0.25) is 0 Å². The molecule has 1 aromatic heterocycles. The molecular weight excluding hydrogens is 199 g/mol. The zero-order chi connectivity index (χ0) is 10.8. The summed E-state index contributed by atoms with van der Waals surface area (Å²) in [4.78, 5) is 11.4. The second-order valence-electron chi connectivity index (χ2n) is 2.99. The van der Waals surface area contributed by atoms with Crippen molar-refractivity contribution >= 4 is 16.9 Å². The van der Waals surface area contributed by atoms with E-state index in [-0.39, 0.29) is 17.8 Å². The molecule has 0 N–H and O–H groups in total. The van der Waals surface area contributed by atoms with Crippen LogP contribution in [0.1, 0.15) is 17.3 Å².